The molecule has 4 N–H and O–H groups in total. The highest BCUT2D eigenvalue weighted by Gasteiger charge is 2.32. The van der Waals surface area contributed by atoms with Crippen molar-refractivity contribution in [2.24, 2.45) is 5.41 Å². The molecular formula is C22H26N2O6. The minimum absolute atomic E-state index is 0.0993. The SMILES string of the molecule is CC(C)(/C=C/C(=O)NO)[C@@H](OC(=O)Nc1ccccc1)c1ccc(OCCO)cc1. The van der Waals surface area contributed by atoms with E-state index >= 15 is 0 Å². The van der Waals surface area contributed by atoms with E-state index in [2.05, 4.69) is 5.32 Å². The fourth-order valence-electron chi connectivity index (χ4n) is 2.74. The van der Waals surface area contributed by atoms with Gasteiger partial charge in [-0.3, -0.25) is 15.3 Å². The zero-order valence-electron chi connectivity index (χ0n) is 16.9. The van der Waals surface area contributed by atoms with Crippen molar-refractivity contribution in [1.29, 1.82) is 0 Å². The van der Waals surface area contributed by atoms with Gasteiger partial charge in [0.2, 0.25) is 0 Å². The van der Waals surface area contributed by atoms with Gasteiger partial charge in [-0.2, -0.15) is 0 Å². The molecule has 0 bridgehead atoms. The van der Waals surface area contributed by atoms with Crippen LogP contribution in [0.5, 0.6) is 5.75 Å². The lowest BCUT2D eigenvalue weighted by Gasteiger charge is -2.31. The van der Waals surface area contributed by atoms with E-state index in [1.165, 1.54) is 11.6 Å². The predicted octanol–water partition coefficient (Wildman–Crippen LogP) is 3.44. The van der Waals surface area contributed by atoms with E-state index in [9.17, 15) is 9.59 Å². The second-order valence-electron chi connectivity index (χ2n) is 7.05. The first-order valence-electron chi connectivity index (χ1n) is 9.35. The lowest BCUT2D eigenvalue weighted by atomic mass is 9.82. The first-order valence-corrected chi connectivity index (χ1v) is 9.35. The second kappa shape index (κ2) is 11.0. The molecular weight excluding hydrogens is 388 g/mol. The van der Waals surface area contributed by atoms with Crippen LogP contribution in [0.3, 0.4) is 0 Å². The Bertz CT molecular complexity index is 850. The number of hydrogen-bond donors (Lipinski definition) is 4. The lowest BCUT2D eigenvalue weighted by molar-refractivity contribution is -0.124. The number of aliphatic hydroxyl groups is 1. The summed E-state index contributed by atoms with van der Waals surface area (Å²) in [5.74, 6) is -0.128. The third-order valence-corrected chi connectivity index (χ3v) is 4.24. The average molecular weight is 414 g/mol. The Labute approximate surface area is 175 Å². The van der Waals surface area contributed by atoms with Crippen LogP contribution in [-0.2, 0) is 9.53 Å². The van der Waals surface area contributed by atoms with Gasteiger partial charge in [-0.1, -0.05) is 50.3 Å². The van der Waals surface area contributed by atoms with Gasteiger partial charge in [0.25, 0.3) is 5.91 Å². The molecule has 0 unspecified atom stereocenters. The van der Waals surface area contributed by atoms with Crippen LogP contribution in [0, 0.1) is 5.41 Å². The van der Waals surface area contributed by atoms with Gasteiger partial charge in [-0.15, -0.1) is 0 Å². The Hall–Kier alpha value is -3.36. The summed E-state index contributed by atoms with van der Waals surface area (Å²) in [4.78, 5) is 23.9. The third kappa shape index (κ3) is 6.91. The third-order valence-electron chi connectivity index (χ3n) is 4.24. The minimum Gasteiger partial charge on any atom is -0.491 e. The van der Waals surface area contributed by atoms with Crippen molar-refractivity contribution in [2.45, 2.75) is 20.0 Å². The Kier molecular flexibility index (Phi) is 8.40. The zero-order valence-corrected chi connectivity index (χ0v) is 16.9. The average Bonchev–Trinajstić information content (AvgIpc) is 2.75. The number of carbonyl (C=O) groups is 2. The van der Waals surface area contributed by atoms with Crippen LogP contribution in [0.1, 0.15) is 25.5 Å². The van der Waals surface area contributed by atoms with Crippen LogP contribution in [0.15, 0.2) is 66.7 Å². The molecule has 2 aromatic rings. The molecule has 30 heavy (non-hydrogen) atoms. The fourth-order valence-corrected chi connectivity index (χ4v) is 2.74. The summed E-state index contributed by atoms with van der Waals surface area (Å²) in [6.07, 6.45) is 1.31. The van der Waals surface area contributed by atoms with Crippen molar-refractivity contribution < 1.29 is 29.4 Å². The fraction of sp³-hybridized carbons (Fsp3) is 0.273. The predicted molar refractivity (Wildman–Crippen MR) is 111 cm³/mol. The number of amides is 2. The van der Waals surface area contributed by atoms with Crippen LogP contribution < -0.4 is 15.5 Å². The lowest BCUT2D eigenvalue weighted by Crippen LogP contribution is -2.28. The van der Waals surface area contributed by atoms with Gasteiger partial charge in [0, 0.05) is 17.2 Å². The molecule has 160 valence electrons. The largest absolute Gasteiger partial charge is 0.491 e. The van der Waals surface area contributed by atoms with Gasteiger partial charge in [0.15, 0.2) is 0 Å². The summed E-state index contributed by atoms with van der Waals surface area (Å²) < 4.78 is 11.1. The molecule has 0 aliphatic rings. The number of benzene rings is 2. The molecule has 2 amide bonds. The van der Waals surface area contributed by atoms with Gasteiger partial charge >= 0.3 is 6.09 Å². The molecule has 0 radical (unpaired) electrons. The first-order chi connectivity index (χ1) is 14.4. The molecule has 0 spiro atoms. The number of para-hydroxylation sites is 1. The molecule has 1 atom stereocenters. The number of hydrogen-bond acceptors (Lipinski definition) is 6. The van der Waals surface area contributed by atoms with Crippen molar-refractivity contribution in [3.63, 3.8) is 0 Å². The summed E-state index contributed by atoms with van der Waals surface area (Å²) in [6, 6.07) is 15.8. The van der Waals surface area contributed by atoms with E-state index in [0.29, 0.717) is 17.0 Å². The van der Waals surface area contributed by atoms with E-state index in [1.54, 1.807) is 68.5 Å². The van der Waals surface area contributed by atoms with Crippen LogP contribution in [-0.4, -0.2) is 35.5 Å². The zero-order chi connectivity index (χ0) is 22.0. The molecule has 0 aliphatic carbocycles. The molecule has 0 heterocycles. The number of ether oxygens (including phenoxy) is 2. The Morgan fingerprint density at radius 3 is 2.37 bits per heavy atom. The number of aliphatic hydroxyl groups excluding tert-OH is 1. The maximum absolute atomic E-state index is 12.5. The number of carbonyl (C=O) groups excluding carboxylic acids is 2. The van der Waals surface area contributed by atoms with Crippen molar-refractivity contribution >= 4 is 17.7 Å². The van der Waals surface area contributed by atoms with Gasteiger partial charge in [0.05, 0.1) is 6.61 Å². The number of nitrogens with one attached hydrogen (secondary N) is 2. The molecule has 8 heteroatoms. The molecule has 0 saturated carbocycles. The van der Waals surface area contributed by atoms with Crippen molar-refractivity contribution in [1.82, 2.24) is 5.48 Å². The van der Waals surface area contributed by atoms with Crippen molar-refractivity contribution in [2.75, 3.05) is 18.5 Å². The Morgan fingerprint density at radius 2 is 1.77 bits per heavy atom. The van der Waals surface area contributed by atoms with E-state index in [1.807, 2.05) is 6.07 Å². The highest BCUT2D eigenvalue weighted by Crippen LogP contribution is 2.38. The minimum atomic E-state index is -0.798. The van der Waals surface area contributed by atoms with Gasteiger partial charge in [0.1, 0.15) is 18.5 Å². The second-order valence-corrected chi connectivity index (χ2v) is 7.05. The van der Waals surface area contributed by atoms with Crippen LogP contribution >= 0.6 is 0 Å². The topological polar surface area (TPSA) is 117 Å². The Balaban J connectivity index is 2.26. The first kappa shape index (κ1) is 22.9. The van der Waals surface area contributed by atoms with Gasteiger partial charge in [-0.05, 0) is 29.8 Å². The van der Waals surface area contributed by atoms with E-state index in [4.69, 9.17) is 19.8 Å². The summed E-state index contributed by atoms with van der Waals surface area (Å²) in [5.41, 5.74) is 2.00. The van der Waals surface area contributed by atoms with Gasteiger partial charge < -0.3 is 14.6 Å². The molecule has 8 nitrogen and oxygen atoms in total. The van der Waals surface area contributed by atoms with Crippen LogP contribution in [0.25, 0.3) is 0 Å². The standard InChI is InChI=1S/C22H26N2O6/c1-22(2,13-12-19(26)24-28)20(16-8-10-18(11-9-16)29-15-14-25)30-21(27)23-17-6-4-3-5-7-17/h3-13,20,25,28H,14-15H2,1-2H3,(H,23,27)(H,24,26)/b13-12+/t20-/m0/s1. The Morgan fingerprint density at radius 1 is 1.10 bits per heavy atom. The van der Waals surface area contributed by atoms with Crippen molar-refractivity contribution in [3.05, 3.63) is 72.3 Å². The van der Waals surface area contributed by atoms with E-state index < -0.39 is 23.5 Å². The molecule has 2 rings (SSSR count). The normalized spacial score (nSPS) is 12.3. The smallest absolute Gasteiger partial charge is 0.412 e. The van der Waals surface area contributed by atoms with Crippen LogP contribution in [0.2, 0.25) is 0 Å². The van der Waals surface area contributed by atoms with Gasteiger partial charge in [-0.25, -0.2) is 10.3 Å². The highest BCUT2D eigenvalue weighted by atomic mass is 16.6. The molecule has 0 aromatic heterocycles. The number of rotatable bonds is 9. The number of anilines is 1. The summed E-state index contributed by atoms with van der Waals surface area (Å²) in [6.45, 7) is 3.66. The van der Waals surface area contributed by atoms with Crippen LogP contribution in [0.4, 0.5) is 10.5 Å². The quantitative estimate of drug-likeness (QED) is 0.284. The molecule has 0 aliphatic heterocycles. The highest BCUT2D eigenvalue weighted by molar-refractivity contribution is 5.86. The van der Waals surface area contributed by atoms with E-state index in [0.717, 1.165) is 0 Å². The van der Waals surface area contributed by atoms with Crippen molar-refractivity contribution in [3.8, 4) is 5.75 Å². The molecule has 2 aromatic carbocycles. The molecule has 0 fully saturated rings. The monoisotopic (exact) mass is 414 g/mol. The summed E-state index contributed by atoms with van der Waals surface area (Å²) in [5, 5.41) is 20.3. The maximum atomic E-state index is 12.5. The summed E-state index contributed by atoms with van der Waals surface area (Å²) in [7, 11) is 0. The van der Waals surface area contributed by atoms with E-state index in [-0.39, 0.29) is 13.2 Å². The maximum Gasteiger partial charge on any atom is 0.412 e. The molecule has 0 saturated heterocycles. The number of hydroxylamine groups is 1. The summed E-state index contributed by atoms with van der Waals surface area (Å²) >= 11 is 0.